The molecule has 6 heteroatoms. The lowest BCUT2D eigenvalue weighted by Gasteiger charge is -2.12. The van der Waals surface area contributed by atoms with E-state index in [0.29, 0.717) is 34.6 Å². The van der Waals surface area contributed by atoms with Crippen molar-refractivity contribution in [2.24, 2.45) is 0 Å². The molecule has 2 aromatic rings. The fraction of sp³-hybridized carbons (Fsp3) is 0.308. The summed E-state index contributed by atoms with van der Waals surface area (Å²) in [4.78, 5) is 12.6. The smallest absolute Gasteiger partial charge is 0.150 e. The van der Waals surface area contributed by atoms with Crippen LogP contribution >= 0.6 is 23.2 Å². The average Bonchev–Trinajstić information content (AvgIpc) is 2.33. The minimum atomic E-state index is -0.360. The predicted octanol–water partition coefficient (Wildman–Crippen LogP) is 3.25. The van der Waals surface area contributed by atoms with Crippen LogP contribution in [0.4, 0.5) is 5.69 Å². The second-order valence-electron chi connectivity index (χ2n) is 4.27. The van der Waals surface area contributed by atoms with Crippen LogP contribution < -0.4 is 5.73 Å². The molecule has 19 heavy (non-hydrogen) atoms. The summed E-state index contributed by atoms with van der Waals surface area (Å²) in [5, 5.41) is 0.172. The molecule has 1 heterocycles. The Labute approximate surface area is 122 Å². The van der Waals surface area contributed by atoms with E-state index >= 15 is 0 Å². The fourth-order valence-electron chi connectivity index (χ4n) is 1.82. The largest absolute Gasteiger partial charge is 0.397 e. The first-order valence-electron chi connectivity index (χ1n) is 5.83. The molecule has 100 valence electrons. The van der Waals surface area contributed by atoms with E-state index < -0.39 is 0 Å². The SMILES string of the molecule is Cc1nc(C)nc(C(Cl)Cc2cccc(Cl)c2N)n1. The Bertz CT molecular complexity index is 581. The van der Waals surface area contributed by atoms with Gasteiger partial charge >= 0.3 is 0 Å². The van der Waals surface area contributed by atoms with Crippen molar-refractivity contribution in [2.45, 2.75) is 25.6 Å². The fourth-order valence-corrected chi connectivity index (χ4v) is 2.28. The van der Waals surface area contributed by atoms with E-state index in [2.05, 4.69) is 15.0 Å². The molecule has 1 atom stereocenters. The van der Waals surface area contributed by atoms with Crippen LogP contribution in [0.1, 0.15) is 28.4 Å². The molecule has 0 spiro atoms. The van der Waals surface area contributed by atoms with Gasteiger partial charge in [0, 0.05) is 0 Å². The molecule has 0 aliphatic rings. The first-order chi connectivity index (χ1) is 8.97. The van der Waals surface area contributed by atoms with E-state index in [0.717, 1.165) is 5.56 Å². The van der Waals surface area contributed by atoms with Crippen molar-refractivity contribution in [1.82, 2.24) is 15.0 Å². The van der Waals surface area contributed by atoms with Gasteiger partial charge in [-0.2, -0.15) is 0 Å². The van der Waals surface area contributed by atoms with E-state index in [1.807, 2.05) is 26.0 Å². The number of nitrogens with two attached hydrogens (primary N) is 1. The van der Waals surface area contributed by atoms with Crippen molar-refractivity contribution in [3.8, 4) is 0 Å². The van der Waals surface area contributed by atoms with E-state index in [1.54, 1.807) is 6.07 Å². The molecule has 0 saturated heterocycles. The quantitative estimate of drug-likeness (QED) is 0.697. The summed E-state index contributed by atoms with van der Waals surface area (Å²) in [5.74, 6) is 1.88. The average molecular weight is 297 g/mol. The first kappa shape index (κ1) is 14.0. The van der Waals surface area contributed by atoms with Gasteiger partial charge in [0.1, 0.15) is 11.6 Å². The van der Waals surface area contributed by atoms with Gasteiger partial charge in [0.05, 0.1) is 16.1 Å². The molecule has 1 aromatic heterocycles. The second kappa shape index (κ2) is 5.72. The Morgan fingerprint density at radius 2 is 1.79 bits per heavy atom. The maximum absolute atomic E-state index is 6.36. The van der Waals surface area contributed by atoms with Crippen LogP contribution in [0.5, 0.6) is 0 Å². The summed E-state index contributed by atoms with van der Waals surface area (Å²) < 4.78 is 0. The van der Waals surface area contributed by atoms with Gasteiger partial charge in [-0.15, -0.1) is 11.6 Å². The molecule has 0 amide bonds. The number of nitrogen functional groups attached to an aromatic ring is 1. The highest BCUT2D eigenvalue weighted by atomic mass is 35.5. The summed E-state index contributed by atoms with van der Waals surface area (Å²) >= 11 is 12.3. The maximum Gasteiger partial charge on any atom is 0.150 e. The van der Waals surface area contributed by atoms with Crippen LogP contribution in [0.15, 0.2) is 18.2 Å². The lowest BCUT2D eigenvalue weighted by Crippen LogP contribution is -2.08. The maximum atomic E-state index is 6.36. The number of rotatable bonds is 3. The van der Waals surface area contributed by atoms with Crippen LogP contribution in [0.25, 0.3) is 0 Å². The zero-order chi connectivity index (χ0) is 14.0. The molecule has 4 nitrogen and oxygen atoms in total. The Morgan fingerprint density at radius 1 is 1.16 bits per heavy atom. The molecule has 0 saturated carbocycles. The molecule has 2 rings (SSSR count). The van der Waals surface area contributed by atoms with Crippen LogP contribution in [0.3, 0.4) is 0 Å². The van der Waals surface area contributed by atoms with Crippen LogP contribution in [0.2, 0.25) is 5.02 Å². The number of benzene rings is 1. The third-order valence-corrected chi connectivity index (χ3v) is 3.38. The number of hydrogen-bond donors (Lipinski definition) is 1. The summed E-state index contributed by atoms with van der Waals surface area (Å²) in [7, 11) is 0. The van der Waals surface area contributed by atoms with Crippen molar-refractivity contribution in [3.05, 3.63) is 46.3 Å². The number of hydrogen-bond acceptors (Lipinski definition) is 4. The van der Waals surface area contributed by atoms with Crippen LogP contribution in [-0.4, -0.2) is 15.0 Å². The van der Waals surface area contributed by atoms with Gasteiger partial charge in [-0.25, -0.2) is 15.0 Å². The van der Waals surface area contributed by atoms with E-state index in [-0.39, 0.29) is 5.38 Å². The summed E-state index contributed by atoms with van der Waals surface area (Å²) in [6.45, 7) is 3.63. The summed E-state index contributed by atoms with van der Waals surface area (Å²) in [6.07, 6.45) is 0.525. The van der Waals surface area contributed by atoms with Crippen molar-refractivity contribution >= 4 is 28.9 Å². The predicted molar refractivity (Wildman–Crippen MR) is 77.5 cm³/mol. The van der Waals surface area contributed by atoms with Gasteiger partial charge in [-0.1, -0.05) is 23.7 Å². The minimum Gasteiger partial charge on any atom is -0.397 e. The minimum absolute atomic E-state index is 0.360. The van der Waals surface area contributed by atoms with E-state index in [1.165, 1.54) is 0 Å². The standard InChI is InChI=1S/C13H14Cl2N4/c1-7-17-8(2)19-13(18-7)11(15)6-9-4-3-5-10(14)12(9)16/h3-5,11H,6,16H2,1-2H3. The number of halogens is 2. The van der Waals surface area contributed by atoms with Gasteiger partial charge in [-0.3, -0.25) is 0 Å². The van der Waals surface area contributed by atoms with E-state index in [4.69, 9.17) is 28.9 Å². The molecular formula is C13H14Cl2N4. The number of para-hydroxylation sites is 1. The monoisotopic (exact) mass is 296 g/mol. The Morgan fingerprint density at radius 3 is 2.42 bits per heavy atom. The van der Waals surface area contributed by atoms with Crippen molar-refractivity contribution < 1.29 is 0 Å². The first-order valence-corrected chi connectivity index (χ1v) is 6.65. The highest BCUT2D eigenvalue weighted by Crippen LogP contribution is 2.29. The van der Waals surface area contributed by atoms with Gasteiger partial charge in [-0.05, 0) is 31.9 Å². The molecule has 2 N–H and O–H groups in total. The molecule has 0 aliphatic carbocycles. The van der Waals surface area contributed by atoms with Gasteiger partial charge in [0.2, 0.25) is 0 Å². The highest BCUT2D eigenvalue weighted by molar-refractivity contribution is 6.33. The van der Waals surface area contributed by atoms with Gasteiger partial charge < -0.3 is 5.73 Å². The number of aromatic nitrogens is 3. The van der Waals surface area contributed by atoms with E-state index in [9.17, 15) is 0 Å². The third-order valence-electron chi connectivity index (χ3n) is 2.70. The van der Waals surface area contributed by atoms with Crippen molar-refractivity contribution in [1.29, 1.82) is 0 Å². The molecule has 0 bridgehead atoms. The van der Waals surface area contributed by atoms with Crippen molar-refractivity contribution in [3.63, 3.8) is 0 Å². The third kappa shape index (κ3) is 3.33. The number of anilines is 1. The second-order valence-corrected chi connectivity index (χ2v) is 5.21. The summed E-state index contributed by atoms with van der Waals surface area (Å²) in [5.41, 5.74) is 7.37. The van der Waals surface area contributed by atoms with Crippen LogP contribution in [0, 0.1) is 13.8 Å². The Hall–Kier alpha value is -1.39. The Kier molecular flexibility index (Phi) is 4.22. The molecule has 0 radical (unpaired) electrons. The lowest BCUT2D eigenvalue weighted by atomic mass is 10.1. The zero-order valence-electron chi connectivity index (χ0n) is 10.7. The normalized spacial score (nSPS) is 12.4. The zero-order valence-corrected chi connectivity index (χ0v) is 12.2. The van der Waals surface area contributed by atoms with Gasteiger partial charge in [0.25, 0.3) is 0 Å². The molecule has 0 aliphatic heterocycles. The number of alkyl halides is 1. The van der Waals surface area contributed by atoms with Crippen LogP contribution in [-0.2, 0) is 6.42 Å². The highest BCUT2D eigenvalue weighted by Gasteiger charge is 2.15. The number of nitrogens with zero attached hydrogens (tertiary/aromatic N) is 3. The molecule has 0 fully saturated rings. The van der Waals surface area contributed by atoms with Crippen molar-refractivity contribution in [2.75, 3.05) is 5.73 Å². The summed E-state index contributed by atoms with van der Waals surface area (Å²) in [6, 6.07) is 5.50. The molecule has 1 aromatic carbocycles. The Balaban J connectivity index is 2.25. The topological polar surface area (TPSA) is 64.7 Å². The molecular weight excluding hydrogens is 283 g/mol. The lowest BCUT2D eigenvalue weighted by molar-refractivity contribution is 0.773. The number of aryl methyl sites for hydroxylation is 2. The van der Waals surface area contributed by atoms with Gasteiger partial charge in [0.15, 0.2) is 5.82 Å². The molecule has 1 unspecified atom stereocenters.